The van der Waals surface area contributed by atoms with Crippen molar-refractivity contribution < 1.29 is 9.53 Å². The van der Waals surface area contributed by atoms with Gasteiger partial charge in [0, 0.05) is 27.4 Å². The Balaban J connectivity index is 1.47. The van der Waals surface area contributed by atoms with Gasteiger partial charge in [-0.25, -0.2) is 4.98 Å². The third-order valence-corrected chi connectivity index (χ3v) is 5.01. The molecule has 1 heterocycles. The van der Waals surface area contributed by atoms with E-state index >= 15 is 0 Å². The van der Waals surface area contributed by atoms with Crippen LogP contribution in [0, 0.1) is 10.5 Å². The Kier molecular flexibility index (Phi) is 5.71. The first kappa shape index (κ1) is 17.2. The number of nitrogens with zero attached hydrogens (tertiary/aromatic N) is 1. The van der Waals surface area contributed by atoms with Crippen molar-refractivity contribution >= 4 is 28.5 Å². The number of aryl methyl sites for hydroxylation is 1. The van der Waals surface area contributed by atoms with Crippen molar-refractivity contribution in [3.8, 4) is 5.88 Å². The van der Waals surface area contributed by atoms with E-state index in [1.165, 1.54) is 0 Å². The van der Waals surface area contributed by atoms with Crippen molar-refractivity contribution in [3.63, 3.8) is 0 Å². The molecular weight excluding hydrogens is 415 g/mol. The molecule has 1 aliphatic rings. The van der Waals surface area contributed by atoms with Crippen LogP contribution >= 0.6 is 22.6 Å². The molecular formula is C19H21IN2O2. The van der Waals surface area contributed by atoms with Gasteiger partial charge in [-0.2, -0.15) is 0 Å². The van der Waals surface area contributed by atoms with E-state index < -0.39 is 0 Å². The topological polar surface area (TPSA) is 51.2 Å². The molecule has 1 fully saturated rings. The first-order chi connectivity index (χ1) is 11.6. The molecule has 1 N–H and O–H groups in total. The number of carbonyl (C=O) groups excluding carboxylic acids is 1. The van der Waals surface area contributed by atoms with Crippen molar-refractivity contribution in [3.05, 3.63) is 57.3 Å². The van der Waals surface area contributed by atoms with Crippen LogP contribution < -0.4 is 10.1 Å². The van der Waals surface area contributed by atoms with Crippen LogP contribution in [0.15, 0.2) is 42.6 Å². The van der Waals surface area contributed by atoms with Crippen LogP contribution in [0.5, 0.6) is 5.88 Å². The standard InChI is InChI=1S/C19H21IN2O2/c1-13-2-11-18(21-12-13)24-17-9-7-16(8-10-17)22-19(23)14-3-5-15(20)6-4-14/h2-6,11-12,16-17H,7-10H2,1H3,(H,22,23). The average molecular weight is 436 g/mol. The van der Waals surface area contributed by atoms with Crippen LogP contribution in [-0.2, 0) is 0 Å². The Morgan fingerprint density at radius 3 is 2.46 bits per heavy atom. The molecule has 0 radical (unpaired) electrons. The molecule has 5 heteroatoms. The van der Waals surface area contributed by atoms with Crippen LogP contribution in [-0.4, -0.2) is 23.0 Å². The summed E-state index contributed by atoms with van der Waals surface area (Å²) in [5, 5.41) is 3.13. The average Bonchev–Trinajstić information content (AvgIpc) is 2.59. The number of nitrogens with one attached hydrogen (secondary N) is 1. The minimum absolute atomic E-state index is 0.0102. The number of aromatic nitrogens is 1. The summed E-state index contributed by atoms with van der Waals surface area (Å²) >= 11 is 2.24. The van der Waals surface area contributed by atoms with Crippen LogP contribution in [0.4, 0.5) is 0 Å². The van der Waals surface area contributed by atoms with Gasteiger partial charge in [-0.3, -0.25) is 4.79 Å². The number of halogens is 1. The highest BCUT2D eigenvalue weighted by atomic mass is 127. The molecule has 1 aliphatic carbocycles. The molecule has 24 heavy (non-hydrogen) atoms. The number of benzene rings is 1. The molecule has 0 saturated heterocycles. The highest BCUT2D eigenvalue weighted by Crippen LogP contribution is 2.23. The van der Waals surface area contributed by atoms with E-state index in [0.717, 1.165) is 40.4 Å². The summed E-state index contributed by atoms with van der Waals surface area (Å²) in [6.07, 6.45) is 5.76. The number of amides is 1. The first-order valence-corrected chi connectivity index (χ1v) is 9.34. The summed E-state index contributed by atoms with van der Waals surface area (Å²) in [5.74, 6) is 0.697. The summed E-state index contributed by atoms with van der Waals surface area (Å²) in [7, 11) is 0. The van der Waals surface area contributed by atoms with Gasteiger partial charge in [-0.15, -0.1) is 0 Å². The summed E-state index contributed by atoms with van der Waals surface area (Å²) < 4.78 is 7.07. The molecule has 126 valence electrons. The molecule has 0 bridgehead atoms. The number of rotatable bonds is 4. The molecule has 1 aromatic heterocycles. The van der Waals surface area contributed by atoms with E-state index in [1.54, 1.807) is 0 Å². The van der Waals surface area contributed by atoms with Crippen LogP contribution in [0.2, 0.25) is 0 Å². The maximum Gasteiger partial charge on any atom is 0.251 e. The number of carbonyl (C=O) groups is 1. The highest BCUT2D eigenvalue weighted by molar-refractivity contribution is 14.1. The summed E-state index contributed by atoms with van der Waals surface area (Å²) in [4.78, 5) is 16.6. The number of ether oxygens (including phenoxy) is 1. The van der Waals surface area contributed by atoms with E-state index in [0.29, 0.717) is 5.88 Å². The third-order valence-electron chi connectivity index (χ3n) is 4.29. The lowest BCUT2D eigenvalue weighted by molar-refractivity contribution is 0.0890. The number of hydrogen-bond acceptors (Lipinski definition) is 3. The Bertz CT molecular complexity index is 678. The molecule has 0 aliphatic heterocycles. The molecule has 0 unspecified atom stereocenters. The zero-order valence-corrected chi connectivity index (χ0v) is 15.8. The molecule has 1 saturated carbocycles. The third kappa shape index (κ3) is 4.69. The summed E-state index contributed by atoms with van der Waals surface area (Å²) in [5.41, 5.74) is 1.85. The lowest BCUT2D eigenvalue weighted by atomic mass is 9.92. The molecule has 0 atom stereocenters. The first-order valence-electron chi connectivity index (χ1n) is 8.26. The van der Waals surface area contributed by atoms with Crippen molar-refractivity contribution in [1.29, 1.82) is 0 Å². The van der Waals surface area contributed by atoms with Gasteiger partial charge in [0.2, 0.25) is 5.88 Å². The molecule has 0 spiro atoms. The van der Waals surface area contributed by atoms with Gasteiger partial charge in [-0.05, 0) is 85.0 Å². The van der Waals surface area contributed by atoms with Gasteiger partial charge in [0.15, 0.2) is 0 Å². The van der Waals surface area contributed by atoms with Crippen LogP contribution in [0.1, 0.15) is 41.6 Å². The molecule has 1 aromatic carbocycles. The van der Waals surface area contributed by atoms with Gasteiger partial charge >= 0.3 is 0 Å². The van der Waals surface area contributed by atoms with Crippen molar-refractivity contribution in [2.24, 2.45) is 0 Å². The van der Waals surface area contributed by atoms with Crippen LogP contribution in [0.3, 0.4) is 0 Å². The second kappa shape index (κ2) is 7.96. The minimum atomic E-state index is 0.0102. The maximum atomic E-state index is 12.3. The lowest BCUT2D eigenvalue weighted by Crippen LogP contribution is -2.39. The Hall–Kier alpha value is -1.63. The fourth-order valence-corrected chi connectivity index (χ4v) is 3.25. The Labute approximate surface area is 156 Å². The van der Waals surface area contributed by atoms with Gasteiger partial charge in [0.25, 0.3) is 5.91 Å². The van der Waals surface area contributed by atoms with Gasteiger partial charge < -0.3 is 10.1 Å². The Morgan fingerprint density at radius 1 is 1.12 bits per heavy atom. The van der Waals surface area contributed by atoms with E-state index in [-0.39, 0.29) is 18.1 Å². The van der Waals surface area contributed by atoms with Gasteiger partial charge in [-0.1, -0.05) is 6.07 Å². The SMILES string of the molecule is Cc1ccc(OC2CCC(NC(=O)c3ccc(I)cc3)CC2)nc1. The lowest BCUT2D eigenvalue weighted by Gasteiger charge is -2.29. The molecule has 2 aromatic rings. The van der Waals surface area contributed by atoms with Crippen molar-refractivity contribution in [2.75, 3.05) is 0 Å². The normalized spacial score (nSPS) is 20.4. The maximum absolute atomic E-state index is 12.3. The molecule has 3 rings (SSSR count). The van der Waals surface area contributed by atoms with Gasteiger partial charge in [0.05, 0.1) is 0 Å². The minimum Gasteiger partial charge on any atom is -0.474 e. The second-order valence-electron chi connectivity index (χ2n) is 6.25. The fraction of sp³-hybridized carbons (Fsp3) is 0.368. The zero-order chi connectivity index (χ0) is 16.9. The van der Waals surface area contributed by atoms with E-state index in [2.05, 4.69) is 32.9 Å². The second-order valence-corrected chi connectivity index (χ2v) is 7.49. The summed E-state index contributed by atoms with van der Waals surface area (Å²) in [6, 6.07) is 11.8. The Morgan fingerprint density at radius 2 is 1.83 bits per heavy atom. The van der Waals surface area contributed by atoms with Crippen molar-refractivity contribution in [1.82, 2.24) is 10.3 Å². The largest absolute Gasteiger partial charge is 0.474 e. The van der Waals surface area contributed by atoms with Crippen LogP contribution in [0.25, 0.3) is 0 Å². The zero-order valence-electron chi connectivity index (χ0n) is 13.7. The molecule has 4 nitrogen and oxygen atoms in total. The summed E-state index contributed by atoms with van der Waals surface area (Å²) in [6.45, 7) is 2.01. The van der Waals surface area contributed by atoms with Gasteiger partial charge in [0.1, 0.15) is 6.10 Å². The van der Waals surface area contributed by atoms with Crippen molar-refractivity contribution in [2.45, 2.75) is 44.8 Å². The quantitative estimate of drug-likeness (QED) is 0.734. The predicted molar refractivity (Wildman–Crippen MR) is 102 cm³/mol. The monoisotopic (exact) mass is 436 g/mol. The number of hydrogen-bond donors (Lipinski definition) is 1. The van der Waals surface area contributed by atoms with E-state index in [9.17, 15) is 4.79 Å². The highest BCUT2D eigenvalue weighted by Gasteiger charge is 2.24. The van der Waals surface area contributed by atoms with E-state index in [1.807, 2.05) is 49.5 Å². The smallest absolute Gasteiger partial charge is 0.251 e. The molecule has 1 amide bonds. The fourth-order valence-electron chi connectivity index (χ4n) is 2.89. The number of pyridine rings is 1. The van der Waals surface area contributed by atoms with E-state index in [4.69, 9.17) is 4.74 Å². The predicted octanol–water partition coefficient (Wildman–Crippen LogP) is 4.11.